The molecular formula is C12H19N3O2. The van der Waals surface area contributed by atoms with E-state index in [1.165, 1.54) is 12.3 Å². The Bertz CT molecular complexity index is 405. The number of nitrogens with two attached hydrogens (primary N) is 1. The van der Waals surface area contributed by atoms with Crippen molar-refractivity contribution in [1.29, 1.82) is 0 Å². The second-order valence-electron chi connectivity index (χ2n) is 4.54. The number of rotatable bonds is 5. The highest BCUT2D eigenvalue weighted by Crippen LogP contribution is 2.18. The molecule has 0 fully saturated rings. The average Bonchev–Trinajstić information content (AvgIpc) is 2.26. The molecule has 0 amide bonds. The van der Waals surface area contributed by atoms with Gasteiger partial charge in [-0.15, -0.1) is 0 Å². The van der Waals surface area contributed by atoms with E-state index in [2.05, 4.69) is 18.8 Å². The van der Waals surface area contributed by atoms with Crippen LogP contribution in [0.1, 0.15) is 30.6 Å². The van der Waals surface area contributed by atoms with Crippen LogP contribution < -0.4 is 10.6 Å². The second-order valence-corrected chi connectivity index (χ2v) is 4.54. The van der Waals surface area contributed by atoms with Gasteiger partial charge < -0.3 is 15.7 Å². The van der Waals surface area contributed by atoms with Crippen molar-refractivity contribution in [3.05, 3.63) is 17.8 Å². The molecule has 0 saturated heterocycles. The van der Waals surface area contributed by atoms with Gasteiger partial charge in [-0.05, 0) is 18.4 Å². The molecule has 5 nitrogen and oxygen atoms in total. The van der Waals surface area contributed by atoms with Crippen molar-refractivity contribution in [3.8, 4) is 0 Å². The summed E-state index contributed by atoms with van der Waals surface area (Å²) in [4.78, 5) is 17.0. The Balaban J connectivity index is 2.84. The van der Waals surface area contributed by atoms with E-state index in [0.29, 0.717) is 11.7 Å². The number of carboxylic acid groups (broad SMARTS) is 1. The summed E-state index contributed by atoms with van der Waals surface area (Å²) < 4.78 is 0. The monoisotopic (exact) mass is 237 g/mol. The summed E-state index contributed by atoms with van der Waals surface area (Å²) in [7, 11) is 1.90. The SMILES string of the molecule is CC(C)CCN(C)c1cc(C(=O)O)c(N)cn1. The van der Waals surface area contributed by atoms with Crippen molar-refractivity contribution in [2.45, 2.75) is 20.3 Å². The number of pyridine rings is 1. The molecule has 1 aromatic rings. The number of hydrogen-bond acceptors (Lipinski definition) is 4. The summed E-state index contributed by atoms with van der Waals surface area (Å²) in [5.41, 5.74) is 5.85. The first-order valence-corrected chi connectivity index (χ1v) is 5.61. The van der Waals surface area contributed by atoms with Crippen molar-refractivity contribution < 1.29 is 9.90 Å². The molecule has 1 heterocycles. The van der Waals surface area contributed by atoms with Crippen LogP contribution in [0.5, 0.6) is 0 Å². The molecule has 0 aliphatic rings. The quantitative estimate of drug-likeness (QED) is 0.817. The third kappa shape index (κ3) is 3.62. The normalized spacial score (nSPS) is 10.6. The minimum atomic E-state index is -1.02. The van der Waals surface area contributed by atoms with E-state index < -0.39 is 5.97 Å². The molecule has 1 aromatic heterocycles. The molecule has 0 aliphatic carbocycles. The molecule has 5 heteroatoms. The molecule has 0 unspecified atom stereocenters. The molecule has 0 spiro atoms. The topological polar surface area (TPSA) is 79.5 Å². The summed E-state index contributed by atoms with van der Waals surface area (Å²) in [5.74, 6) is 0.214. The highest BCUT2D eigenvalue weighted by Gasteiger charge is 2.12. The maximum Gasteiger partial charge on any atom is 0.337 e. The summed E-state index contributed by atoms with van der Waals surface area (Å²) in [6.45, 7) is 5.13. The molecule has 0 aliphatic heterocycles. The maximum atomic E-state index is 10.9. The summed E-state index contributed by atoms with van der Waals surface area (Å²) >= 11 is 0. The number of aromatic nitrogens is 1. The molecule has 1 rings (SSSR count). The lowest BCUT2D eigenvalue weighted by molar-refractivity contribution is 0.0698. The van der Waals surface area contributed by atoms with Crippen molar-refractivity contribution >= 4 is 17.5 Å². The number of nitrogens with zero attached hydrogens (tertiary/aromatic N) is 2. The van der Waals surface area contributed by atoms with E-state index in [0.717, 1.165) is 13.0 Å². The van der Waals surface area contributed by atoms with Gasteiger partial charge in [0.2, 0.25) is 0 Å². The van der Waals surface area contributed by atoms with Crippen LogP contribution in [0.3, 0.4) is 0 Å². The van der Waals surface area contributed by atoms with Gasteiger partial charge in [-0.25, -0.2) is 9.78 Å². The second kappa shape index (κ2) is 5.52. The van der Waals surface area contributed by atoms with Crippen molar-refractivity contribution in [2.24, 2.45) is 5.92 Å². The molecule has 17 heavy (non-hydrogen) atoms. The predicted octanol–water partition coefficient (Wildman–Crippen LogP) is 1.84. The number of carboxylic acids is 1. The van der Waals surface area contributed by atoms with E-state index in [1.54, 1.807) is 0 Å². The summed E-state index contributed by atoms with van der Waals surface area (Å²) in [6, 6.07) is 1.51. The van der Waals surface area contributed by atoms with Gasteiger partial charge in [0.05, 0.1) is 17.4 Å². The smallest absolute Gasteiger partial charge is 0.337 e. The van der Waals surface area contributed by atoms with Crippen LogP contribution in [0.4, 0.5) is 11.5 Å². The Hall–Kier alpha value is -1.78. The number of carbonyl (C=O) groups is 1. The minimum Gasteiger partial charge on any atom is -0.478 e. The third-order valence-electron chi connectivity index (χ3n) is 2.58. The fourth-order valence-electron chi connectivity index (χ4n) is 1.42. The van der Waals surface area contributed by atoms with E-state index in [1.807, 2.05) is 11.9 Å². The first-order chi connectivity index (χ1) is 7.91. The third-order valence-corrected chi connectivity index (χ3v) is 2.58. The Morgan fingerprint density at radius 3 is 2.76 bits per heavy atom. The summed E-state index contributed by atoms with van der Waals surface area (Å²) in [5, 5.41) is 8.96. The zero-order chi connectivity index (χ0) is 13.0. The zero-order valence-electron chi connectivity index (χ0n) is 10.5. The van der Waals surface area contributed by atoms with Gasteiger partial charge in [0, 0.05) is 13.6 Å². The van der Waals surface area contributed by atoms with Gasteiger partial charge >= 0.3 is 5.97 Å². The maximum absolute atomic E-state index is 10.9. The van der Waals surface area contributed by atoms with Crippen LogP contribution in [0.15, 0.2) is 12.3 Å². The van der Waals surface area contributed by atoms with Crippen molar-refractivity contribution in [1.82, 2.24) is 4.98 Å². The fraction of sp³-hybridized carbons (Fsp3) is 0.500. The average molecular weight is 237 g/mol. The van der Waals surface area contributed by atoms with Crippen LogP contribution in [0.25, 0.3) is 0 Å². The van der Waals surface area contributed by atoms with Crippen molar-refractivity contribution in [3.63, 3.8) is 0 Å². The molecule has 0 bridgehead atoms. The summed E-state index contributed by atoms with van der Waals surface area (Å²) in [6.07, 6.45) is 2.43. The fourth-order valence-corrected chi connectivity index (χ4v) is 1.42. The molecule has 94 valence electrons. The zero-order valence-corrected chi connectivity index (χ0v) is 10.5. The van der Waals surface area contributed by atoms with E-state index >= 15 is 0 Å². The van der Waals surface area contributed by atoms with E-state index in [-0.39, 0.29) is 11.3 Å². The molecule has 3 N–H and O–H groups in total. The van der Waals surface area contributed by atoms with Gasteiger partial charge in [-0.2, -0.15) is 0 Å². The number of anilines is 2. The Kier molecular flexibility index (Phi) is 4.31. The lowest BCUT2D eigenvalue weighted by Gasteiger charge is -2.19. The van der Waals surface area contributed by atoms with Crippen LogP contribution in [-0.2, 0) is 0 Å². The Morgan fingerprint density at radius 1 is 1.59 bits per heavy atom. The number of hydrogen-bond donors (Lipinski definition) is 2. The predicted molar refractivity (Wildman–Crippen MR) is 68.3 cm³/mol. The first-order valence-electron chi connectivity index (χ1n) is 5.61. The number of aromatic carboxylic acids is 1. The van der Waals surface area contributed by atoms with Crippen LogP contribution in [0, 0.1) is 5.92 Å². The molecule has 0 radical (unpaired) electrons. The standard InChI is InChI=1S/C12H19N3O2/c1-8(2)4-5-15(3)11-6-9(12(16)17)10(13)7-14-11/h6-8H,4-5,13H2,1-3H3,(H,16,17). The van der Waals surface area contributed by atoms with Gasteiger partial charge in [0.1, 0.15) is 5.82 Å². The lowest BCUT2D eigenvalue weighted by Crippen LogP contribution is -2.21. The van der Waals surface area contributed by atoms with Crippen molar-refractivity contribution in [2.75, 3.05) is 24.2 Å². The molecule has 0 atom stereocenters. The van der Waals surface area contributed by atoms with E-state index in [4.69, 9.17) is 10.8 Å². The van der Waals surface area contributed by atoms with Crippen LogP contribution in [-0.4, -0.2) is 29.7 Å². The minimum absolute atomic E-state index is 0.103. The largest absolute Gasteiger partial charge is 0.478 e. The Labute approximate surface area is 101 Å². The van der Waals surface area contributed by atoms with Gasteiger partial charge in [-0.3, -0.25) is 0 Å². The highest BCUT2D eigenvalue weighted by atomic mass is 16.4. The Morgan fingerprint density at radius 2 is 2.24 bits per heavy atom. The van der Waals surface area contributed by atoms with Crippen LogP contribution in [0.2, 0.25) is 0 Å². The molecule has 0 saturated carbocycles. The molecular weight excluding hydrogens is 218 g/mol. The van der Waals surface area contributed by atoms with Gasteiger partial charge in [0.25, 0.3) is 0 Å². The van der Waals surface area contributed by atoms with Gasteiger partial charge in [-0.1, -0.05) is 13.8 Å². The number of nitrogen functional groups attached to an aromatic ring is 1. The molecule has 0 aromatic carbocycles. The first kappa shape index (κ1) is 13.3. The highest BCUT2D eigenvalue weighted by molar-refractivity contribution is 5.94. The van der Waals surface area contributed by atoms with Gasteiger partial charge in [0.15, 0.2) is 0 Å². The van der Waals surface area contributed by atoms with Crippen LogP contribution >= 0.6 is 0 Å². The lowest BCUT2D eigenvalue weighted by atomic mass is 10.1. The van der Waals surface area contributed by atoms with E-state index in [9.17, 15) is 4.79 Å².